The quantitative estimate of drug-likeness (QED) is 0.629. The third-order valence-electron chi connectivity index (χ3n) is 3.26. The Kier molecular flexibility index (Phi) is 2.57. The molecule has 0 radical (unpaired) electrons. The molecule has 1 unspecified atom stereocenters. The van der Waals surface area contributed by atoms with E-state index in [9.17, 15) is 0 Å². The molecule has 1 aliphatic rings. The van der Waals surface area contributed by atoms with Crippen LogP contribution < -0.4 is 0 Å². The first kappa shape index (κ1) is 9.69. The molecule has 1 aromatic rings. The number of fused-ring (bicyclic) bond motifs is 1. The van der Waals surface area contributed by atoms with Crippen molar-refractivity contribution < 1.29 is 0 Å². The zero-order valence-corrected chi connectivity index (χ0v) is 9.30. The second-order valence-electron chi connectivity index (χ2n) is 4.22. The zero-order chi connectivity index (χ0) is 10.1. The average molecular weight is 188 g/mol. The minimum Gasteiger partial charge on any atom is -0.255 e. The van der Waals surface area contributed by atoms with Gasteiger partial charge in [0, 0.05) is 0 Å². The summed E-state index contributed by atoms with van der Waals surface area (Å²) in [7, 11) is 1.20. The highest BCUT2D eigenvalue weighted by molar-refractivity contribution is 6.35. The molecule has 0 aliphatic heterocycles. The van der Waals surface area contributed by atoms with Crippen LogP contribution in [0.3, 0.4) is 0 Å². The Morgan fingerprint density at radius 2 is 1.93 bits per heavy atom. The lowest BCUT2D eigenvalue weighted by Crippen LogP contribution is -2.18. The van der Waals surface area contributed by atoms with Crippen molar-refractivity contribution in [1.29, 1.82) is 0 Å². The lowest BCUT2D eigenvalue weighted by atomic mass is 9.61. The summed E-state index contributed by atoms with van der Waals surface area (Å²) >= 11 is 0. The Morgan fingerprint density at radius 3 is 2.64 bits per heavy atom. The molecule has 2 nitrogen and oxygen atoms in total. The minimum absolute atomic E-state index is 0.658. The van der Waals surface area contributed by atoms with Crippen molar-refractivity contribution in [3.8, 4) is 0 Å². The normalized spacial score (nSPS) is 20.4. The van der Waals surface area contributed by atoms with Crippen LogP contribution in [0.5, 0.6) is 0 Å². The maximum atomic E-state index is 4.70. The van der Waals surface area contributed by atoms with Crippen LogP contribution in [-0.4, -0.2) is 17.2 Å². The summed E-state index contributed by atoms with van der Waals surface area (Å²) in [5.74, 6) is 0.658. The van der Waals surface area contributed by atoms with Crippen molar-refractivity contribution >= 4 is 7.28 Å². The largest absolute Gasteiger partial charge is 0.255 e. The van der Waals surface area contributed by atoms with Crippen LogP contribution in [0, 0.1) is 13.8 Å². The third-order valence-corrected chi connectivity index (χ3v) is 3.26. The van der Waals surface area contributed by atoms with E-state index in [0.717, 1.165) is 17.8 Å². The fourth-order valence-electron chi connectivity index (χ4n) is 2.23. The van der Waals surface area contributed by atoms with Crippen molar-refractivity contribution in [2.45, 2.75) is 45.8 Å². The van der Waals surface area contributed by atoms with E-state index in [1.54, 1.807) is 0 Å². The molecule has 0 N–H and O–H groups in total. The van der Waals surface area contributed by atoms with Gasteiger partial charge in [-0.05, 0) is 32.5 Å². The smallest absolute Gasteiger partial charge is 0.128 e. The van der Waals surface area contributed by atoms with Crippen molar-refractivity contribution in [2.75, 3.05) is 0 Å². The molecule has 74 valence electrons. The maximum absolute atomic E-state index is 4.70. The fourth-order valence-corrected chi connectivity index (χ4v) is 2.23. The summed E-state index contributed by atoms with van der Waals surface area (Å²) in [6, 6.07) is 0. The molecule has 1 atom stereocenters. The number of hydrogen-bond acceptors (Lipinski definition) is 2. The Morgan fingerprint density at radius 1 is 1.21 bits per heavy atom. The number of nitrogens with zero attached hydrogens (tertiary/aromatic N) is 2. The molecule has 0 bridgehead atoms. The lowest BCUT2D eigenvalue weighted by molar-refractivity contribution is 0.622. The van der Waals surface area contributed by atoms with Crippen LogP contribution in [0.1, 0.15) is 41.4 Å². The lowest BCUT2D eigenvalue weighted by Gasteiger charge is -2.23. The van der Waals surface area contributed by atoms with E-state index in [1.807, 2.05) is 0 Å². The summed E-state index contributed by atoms with van der Waals surface area (Å²) < 4.78 is 0. The SMILES string of the molecule is CBC1CCCc2nc(C)c(C)nc21. The first-order valence-corrected chi connectivity index (χ1v) is 5.56. The minimum atomic E-state index is 0.658. The van der Waals surface area contributed by atoms with Gasteiger partial charge in [-0.2, -0.15) is 0 Å². The monoisotopic (exact) mass is 188 g/mol. The van der Waals surface area contributed by atoms with Gasteiger partial charge in [-0.25, -0.2) is 0 Å². The highest BCUT2D eigenvalue weighted by Crippen LogP contribution is 2.28. The van der Waals surface area contributed by atoms with E-state index in [0.29, 0.717) is 5.82 Å². The van der Waals surface area contributed by atoms with E-state index in [2.05, 4.69) is 25.7 Å². The van der Waals surface area contributed by atoms with Crippen molar-refractivity contribution in [3.05, 3.63) is 22.8 Å². The Labute approximate surface area is 86.4 Å². The Balaban J connectivity index is 2.47. The molecule has 0 spiro atoms. The van der Waals surface area contributed by atoms with Gasteiger partial charge in [0.2, 0.25) is 0 Å². The Bertz CT molecular complexity index is 349. The molecule has 0 saturated carbocycles. The van der Waals surface area contributed by atoms with Crippen molar-refractivity contribution in [2.24, 2.45) is 0 Å². The van der Waals surface area contributed by atoms with Crippen LogP contribution in [0.2, 0.25) is 6.82 Å². The fraction of sp³-hybridized carbons (Fsp3) is 0.636. The van der Waals surface area contributed by atoms with Gasteiger partial charge < -0.3 is 0 Å². The van der Waals surface area contributed by atoms with E-state index < -0.39 is 0 Å². The number of aryl methyl sites for hydroxylation is 3. The number of rotatable bonds is 1. The summed E-state index contributed by atoms with van der Waals surface area (Å²) in [5.41, 5.74) is 4.73. The molecule has 0 saturated heterocycles. The van der Waals surface area contributed by atoms with E-state index in [1.165, 1.54) is 31.5 Å². The van der Waals surface area contributed by atoms with Crippen LogP contribution in [0.4, 0.5) is 0 Å². The highest BCUT2D eigenvalue weighted by atomic mass is 14.8. The molecule has 14 heavy (non-hydrogen) atoms. The predicted octanol–water partition coefficient (Wildman–Crippen LogP) is 1.96. The van der Waals surface area contributed by atoms with E-state index >= 15 is 0 Å². The van der Waals surface area contributed by atoms with Crippen molar-refractivity contribution in [3.63, 3.8) is 0 Å². The molecule has 1 aliphatic carbocycles. The first-order valence-electron chi connectivity index (χ1n) is 5.56. The van der Waals surface area contributed by atoms with Gasteiger partial charge in [0.1, 0.15) is 7.28 Å². The third kappa shape index (κ3) is 1.56. The summed E-state index contributed by atoms with van der Waals surface area (Å²) in [4.78, 5) is 9.35. The maximum Gasteiger partial charge on any atom is 0.128 e. The zero-order valence-electron chi connectivity index (χ0n) is 9.30. The van der Waals surface area contributed by atoms with Crippen LogP contribution in [-0.2, 0) is 6.42 Å². The van der Waals surface area contributed by atoms with Gasteiger partial charge >= 0.3 is 0 Å². The average Bonchev–Trinajstić information content (AvgIpc) is 2.19. The molecular weight excluding hydrogens is 171 g/mol. The van der Waals surface area contributed by atoms with Gasteiger partial charge in [-0.3, -0.25) is 9.97 Å². The molecule has 0 aromatic carbocycles. The van der Waals surface area contributed by atoms with Gasteiger partial charge in [0.05, 0.1) is 22.8 Å². The molecule has 2 rings (SSSR count). The molecule has 3 heteroatoms. The molecule has 0 amide bonds. The van der Waals surface area contributed by atoms with E-state index in [-0.39, 0.29) is 0 Å². The molecular formula is C11H17BN2. The first-order chi connectivity index (χ1) is 6.72. The van der Waals surface area contributed by atoms with Gasteiger partial charge in [-0.1, -0.05) is 13.2 Å². The summed E-state index contributed by atoms with van der Waals surface area (Å²) in [6.45, 7) is 6.36. The van der Waals surface area contributed by atoms with Crippen molar-refractivity contribution in [1.82, 2.24) is 9.97 Å². The van der Waals surface area contributed by atoms with Gasteiger partial charge in [0.15, 0.2) is 0 Å². The molecule has 1 aromatic heterocycles. The standard InChI is InChI=1S/C11H17BN2/c1-7-8(2)14-11-9(12-3)5-4-6-10(11)13-7/h9,12H,4-6H2,1-3H3. The Hall–Kier alpha value is -0.855. The van der Waals surface area contributed by atoms with Gasteiger partial charge in [-0.15, -0.1) is 0 Å². The van der Waals surface area contributed by atoms with Crippen LogP contribution in [0.15, 0.2) is 0 Å². The molecule has 1 heterocycles. The number of hydrogen-bond donors (Lipinski definition) is 0. The van der Waals surface area contributed by atoms with Crippen LogP contribution in [0.25, 0.3) is 0 Å². The van der Waals surface area contributed by atoms with Gasteiger partial charge in [0.25, 0.3) is 0 Å². The van der Waals surface area contributed by atoms with E-state index in [4.69, 9.17) is 4.98 Å². The highest BCUT2D eigenvalue weighted by Gasteiger charge is 2.22. The molecule has 0 fully saturated rings. The predicted molar refractivity (Wildman–Crippen MR) is 60.2 cm³/mol. The topological polar surface area (TPSA) is 25.8 Å². The summed E-state index contributed by atoms with van der Waals surface area (Å²) in [6.07, 6.45) is 3.70. The van der Waals surface area contributed by atoms with Crippen LogP contribution >= 0.6 is 0 Å². The second kappa shape index (κ2) is 3.72. The second-order valence-corrected chi connectivity index (χ2v) is 4.22. The number of aromatic nitrogens is 2. The summed E-state index contributed by atoms with van der Waals surface area (Å²) in [5, 5.41) is 0.